The molecule has 1 aromatic carbocycles. The number of oxazole rings is 1. The van der Waals surface area contributed by atoms with Crippen molar-refractivity contribution >= 4 is 17.1 Å². The van der Waals surface area contributed by atoms with Crippen molar-refractivity contribution in [3.63, 3.8) is 0 Å². The molecule has 0 amide bonds. The lowest BCUT2D eigenvalue weighted by Gasteiger charge is -1.99. The number of nitrogen functional groups attached to an aromatic ring is 1. The summed E-state index contributed by atoms with van der Waals surface area (Å²) < 4.78 is 8.91. The molecule has 2 N–H and O–H groups in total. The highest BCUT2D eigenvalue weighted by molar-refractivity contribution is 5.80. The third-order valence-corrected chi connectivity index (χ3v) is 3.04. The second kappa shape index (κ2) is 3.55. The van der Waals surface area contributed by atoms with E-state index in [4.69, 9.17) is 10.2 Å². The fourth-order valence-corrected chi connectivity index (χ4v) is 2.14. The molecule has 0 unspecified atom stereocenters. The van der Waals surface area contributed by atoms with E-state index in [1.54, 1.807) is 10.8 Å². The van der Waals surface area contributed by atoms with Gasteiger partial charge in [0.05, 0.1) is 6.20 Å². The Hall–Kier alpha value is -2.89. The number of benzene rings is 1. The van der Waals surface area contributed by atoms with Gasteiger partial charge in [-0.05, 0) is 28.4 Å². The largest absolute Gasteiger partial charge is 0.424 e. The minimum Gasteiger partial charge on any atom is -0.424 e. The smallest absolute Gasteiger partial charge is 0.292 e. The van der Waals surface area contributed by atoms with E-state index in [1.165, 1.54) is 0 Å². The maximum absolute atomic E-state index is 5.55. The molecule has 0 spiro atoms. The lowest BCUT2D eigenvalue weighted by atomic mass is 10.1. The Kier molecular flexibility index (Phi) is 1.88. The van der Waals surface area contributed by atoms with Gasteiger partial charge in [-0.15, -0.1) is 4.52 Å². The highest BCUT2D eigenvalue weighted by Gasteiger charge is 2.08. The topological polar surface area (TPSA) is 73.4 Å². The molecular formula is C13H10N5O+. The number of anilines is 1. The minimum absolute atomic E-state index is 0.188. The van der Waals surface area contributed by atoms with Crippen LogP contribution in [0.5, 0.6) is 0 Å². The van der Waals surface area contributed by atoms with E-state index in [1.807, 2.05) is 47.4 Å². The van der Waals surface area contributed by atoms with E-state index < -0.39 is 0 Å². The Balaban J connectivity index is 1.91. The van der Waals surface area contributed by atoms with E-state index >= 15 is 0 Å². The van der Waals surface area contributed by atoms with E-state index in [2.05, 4.69) is 10.1 Å². The summed E-state index contributed by atoms with van der Waals surface area (Å²) in [7, 11) is 0. The maximum Gasteiger partial charge on any atom is 0.292 e. The van der Waals surface area contributed by atoms with Crippen molar-refractivity contribution in [1.82, 2.24) is 14.7 Å². The standard InChI is InChI=1S/C13H10N5O/c14-13-16-11-7-9(1-2-12(11)19-13)10-3-5-18-15-4-6-17(18)8-10/h1-8H,(H2,14,16)/q+1. The molecule has 4 aromatic rings. The van der Waals surface area contributed by atoms with Crippen LogP contribution in [0.15, 0.2) is 53.5 Å². The molecule has 3 heterocycles. The van der Waals surface area contributed by atoms with Gasteiger partial charge in [-0.3, -0.25) is 0 Å². The Morgan fingerprint density at radius 3 is 3.11 bits per heavy atom. The van der Waals surface area contributed by atoms with Crippen LogP contribution in [-0.4, -0.2) is 14.7 Å². The Morgan fingerprint density at radius 1 is 1.21 bits per heavy atom. The number of fused-ring (bicyclic) bond motifs is 2. The first-order chi connectivity index (χ1) is 9.29. The minimum atomic E-state index is 0.188. The van der Waals surface area contributed by atoms with Gasteiger partial charge in [-0.25, -0.2) is 0 Å². The third kappa shape index (κ3) is 1.54. The predicted octanol–water partition coefficient (Wildman–Crippen LogP) is 1.31. The van der Waals surface area contributed by atoms with Gasteiger partial charge in [0.25, 0.3) is 6.01 Å². The van der Waals surface area contributed by atoms with Crippen LogP contribution in [0.4, 0.5) is 6.01 Å². The number of hydrogen-bond donors (Lipinski definition) is 1. The van der Waals surface area contributed by atoms with Crippen LogP contribution >= 0.6 is 0 Å². The van der Waals surface area contributed by atoms with Crippen LogP contribution in [0, 0.1) is 0 Å². The molecule has 0 bridgehead atoms. The van der Waals surface area contributed by atoms with Crippen molar-refractivity contribution in [2.24, 2.45) is 0 Å². The monoisotopic (exact) mass is 252 g/mol. The first-order valence-corrected chi connectivity index (χ1v) is 5.81. The molecule has 3 aromatic heterocycles. The van der Waals surface area contributed by atoms with Crippen LogP contribution in [0.25, 0.3) is 22.2 Å². The van der Waals surface area contributed by atoms with Crippen LogP contribution < -0.4 is 10.2 Å². The van der Waals surface area contributed by atoms with Gasteiger partial charge < -0.3 is 10.2 Å². The molecule has 0 aliphatic rings. The molecule has 0 saturated heterocycles. The first kappa shape index (κ1) is 10.1. The Morgan fingerprint density at radius 2 is 2.16 bits per heavy atom. The average Bonchev–Trinajstić information content (AvgIpc) is 3.01. The molecule has 0 fully saturated rings. The highest BCUT2D eigenvalue weighted by atomic mass is 16.4. The molecule has 0 atom stereocenters. The summed E-state index contributed by atoms with van der Waals surface area (Å²) in [6.45, 7) is 0. The van der Waals surface area contributed by atoms with Crippen molar-refractivity contribution < 1.29 is 8.93 Å². The predicted molar refractivity (Wildman–Crippen MR) is 68.3 cm³/mol. The van der Waals surface area contributed by atoms with Crippen LogP contribution in [0.2, 0.25) is 0 Å². The van der Waals surface area contributed by atoms with Gasteiger partial charge in [0.15, 0.2) is 11.8 Å². The van der Waals surface area contributed by atoms with Gasteiger partial charge in [0.2, 0.25) is 6.20 Å². The zero-order chi connectivity index (χ0) is 12.8. The second-order valence-corrected chi connectivity index (χ2v) is 4.25. The quantitative estimate of drug-likeness (QED) is 0.518. The summed E-state index contributed by atoms with van der Waals surface area (Å²) >= 11 is 0. The Bertz CT molecular complexity index is 892. The number of rotatable bonds is 1. The van der Waals surface area contributed by atoms with Crippen LogP contribution in [0.1, 0.15) is 0 Å². The molecule has 6 heteroatoms. The van der Waals surface area contributed by atoms with E-state index in [-0.39, 0.29) is 6.01 Å². The summed E-state index contributed by atoms with van der Waals surface area (Å²) in [5.41, 5.74) is 9.12. The highest BCUT2D eigenvalue weighted by Crippen LogP contribution is 2.24. The fourth-order valence-electron chi connectivity index (χ4n) is 2.14. The number of hydrogen-bond acceptors (Lipinski definition) is 4. The van der Waals surface area contributed by atoms with Gasteiger partial charge in [-0.2, -0.15) is 4.98 Å². The lowest BCUT2D eigenvalue weighted by Crippen LogP contribution is -2.27. The molecule has 92 valence electrons. The van der Waals surface area contributed by atoms with E-state index in [0.717, 1.165) is 16.6 Å². The summed E-state index contributed by atoms with van der Waals surface area (Å²) in [5.74, 6) is 0. The fraction of sp³-hybridized carbons (Fsp3) is 0. The second-order valence-electron chi connectivity index (χ2n) is 4.25. The SMILES string of the molecule is Nc1nc2cc(-c3ccn4ncc[n+]4c3)ccc2o1. The van der Waals surface area contributed by atoms with Gasteiger partial charge in [-0.1, -0.05) is 6.07 Å². The molecular weight excluding hydrogens is 242 g/mol. The van der Waals surface area contributed by atoms with Gasteiger partial charge in [0, 0.05) is 10.7 Å². The zero-order valence-electron chi connectivity index (χ0n) is 9.89. The first-order valence-electron chi connectivity index (χ1n) is 5.81. The molecule has 0 aliphatic heterocycles. The van der Waals surface area contributed by atoms with E-state index in [9.17, 15) is 0 Å². The lowest BCUT2D eigenvalue weighted by molar-refractivity contribution is -0.622. The van der Waals surface area contributed by atoms with Crippen molar-refractivity contribution in [1.29, 1.82) is 0 Å². The molecule has 0 radical (unpaired) electrons. The maximum atomic E-state index is 5.55. The number of aromatic nitrogens is 4. The van der Waals surface area contributed by atoms with Crippen molar-refractivity contribution in [2.75, 3.05) is 5.73 Å². The van der Waals surface area contributed by atoms with Crippen molar-refractivity contribution in [3.8, 4) is 11.1 Å². The summed E-state index contributed by atoms with van der Waals surface area (Å²) in [6, 6.07) is 8.00. The van der Waals surface area contributed by atoms with E-state index in [0.29, 0.717) is 5.58 Å². The average molecular weight is 252 g/mol. The third-order valence-electron chi connectivity index (χ3n) is 3.04. The number of nitrogens with two attached hydrogens (primary N) is 1. The molecule has 19 heavy (non-hydrogen) atoms. The van der Waals surface area contributed by atoms with Gasteiger partial charge >= 0.3 is 0 Å². The van der Waals surface area contributed by atoms with Gasteiger partial charge in [0.1, 0.15) is 11.7 Å². The zero-order valence-corrected chi connectivity index (χ0v) is 9.89. The number of nitrogens with zero attached hydrogens (tertiary/aromatic N) is 4. The molecule has 0 aliphatic carbocycles. The van der Waals surface area contributed by atoms with Crippen molar-refractivity contribution in [3.05, 3.63) is 49.1 Å². The summed E-state index contributed by atoms with van der Waals surface area (Å²) in [6.07, 6.45) is 7.52. The van der Waals surface area contributed by atoms with Crippen LogP contribution in [0.3, 0.4) is 0 Å². The van der Waals surface area contributed by atoms with Crippen LogP contribution in [-0.2, 0) is 0 Å². The summed E-state index contributed by atoms with van der Waals surface area (Å²) in [5, 5.41) is 4.14. The molecule has 6 nitrogen and oxygen atoms in total. The summed E-state index contributed by atoms with van der Waals surface area (Å²) in [4.78, 5) is 4.14. The molecule has 4 rings (SSSR count). The molecule has 0 saturated carbocycles. The normalized spacial score (nSPS) is 11.4. The Labute approximate surface area is 107 Å². The van der Waals surface area contributed by atoms with Crippen molar-refractivity contribution in [2.45, 2.75) is 0 Å².